The Morgan fingerprint density at radius 3 is 2.77 bits per heavy atom. The molecule has 4 aromatic rings. The van der Waals surface area contributed by atoms with Crippen LogP contribution in [0.5, 0.6) is 0 Å². The van der Waals surface area contributed by atoms with Crippen molar-refractivity contribution >= 4 is 22.7 Å². The number of rotatable bonds is 3. The second-order valence-electron chi connectivity index (χ2n) is 7.76. The molecule has 0 amide bonds. The van der Waals surface area contributed by atoms with Crippen molar-refractivity contribution in [1.29, 1.82) is 0 Å². The molecule has 1 saturated heterocycles. The Balaban J connectivity index is 1.59. The zero-order valence-electron chi connectivity index (χ0n) is 17.4. The first-order valence-corrected chi connectivity index (χ1v) is 10.2. The highest BCUT2D eigenvalue weighted by atomic mass is 19.1. The molecule has 1 atom stereocenters. The third-order valence-electron chi connectivity index (χ3n) is 5.62. The number of aryl methyl sites for hydroxylation is 1. The lowest BCUT2D eigenvalue weighted by Gasteiger charge is -2.35. The highest BCUT2D eigenvalue weighted by Gasteiger charge is 2.22. The van der Waals surface area contributed by atoms with Gasteiger partial charge >= 0.3 is 0 Å². The summed E-state index contributed by atoms with van der Waals surface area (Å²) in [6, 6.07) is 12.9. The molecule has 3 aromatic heterocycles. The first kappa shape index (κ1) is 19.4. The smallest absolute Gasteiger partial charge is 0.165 e. The summed E-state index contributed by atoms with van der Waals surface area (Å²) in [5.74, 6) is 0.894. The van der Waals surface area contributed by atoms with Crippen molar-refractivity contribution in [3.63, 3.8) is 0 Å². The number of hydrogen-bond donors (Lipinski definition) is 1. The second-order valence-corrected chi connectivity index (χ2v) is 7.76. The Morgan fingerprint density at radius 1 is 1.13 bits per heavy atom. The van der Waals surface area contributed by atoms with E-state index >= 15 is 4.39 Å². The number of anilines is 2. The molecule has 1 unspecified atom stereocenters. The van der Waals surface area contributed by atoms with Crippen molar-refractivity contribution in [2.24, 2.45) is 0 Å². The summed E-state index contributed by atoms with van der Waals surface area (Å²) >= 11 is 0. The van der Waals surface area contributed by atoms with Crippen molar-refractivity contribution in [3.8, 4) is 16.9 Å². The number of halogens is 1. The molecule has 158 valence electrons. The van der Waals surface area contributed by atoms with E-state index in [-0.39, 0.29) is 11.9 Å². The highest BCUT2D eigenvalue weighted by Crippen LogP contribution is 2.29. The number of imidazole rings is 1. The number of hydrogen-bond acceptors (Lipinski definition) is 6. The maximum absolute atomic E-state index is 15.2. The zero-order chi connectivity index (χ0) is 21.5. The number of nitrogen functional groups attached to an aromatic ring is 1. The van der Waals surface area contributed by atoms with E-state index in [1.165, 1.54) is 0 Å². The van der Waals surface area contributed by atoms with E-state index in [1.54, 1.807) is 18.3 Å². The van der Waals surface area contributed by atoms with Crippen LogP contribution in [-0.2, 0) is 4.74 Å². The van der Waals surface area contributed by atoms with Gasteiger partial charge in [0.25, 0.3) is 0 Å². The van der Waals surface area contributed by atoms with Gasteiger partial charge < -0.3 is 15.4 Å². The minimum Gasteiger partial charge on any atom is -0.384 e. The lowest BCUT2D eigenvalue weighted by Crippen LogP contribution is -2.44. The van der Waals surface area contributed by atoms with Crippen LogP contribution < -0.4 is 10.6 Å². The first-order chi connectivity index (χ1) is 15.0. The molecular formula is C23H23FN6O. The van der Waals surface area contributed by atoms with Crippen molar-refractivity contribution in [1.82, 2.24) is 19.5 Å². The predicted octanol–water partition coefficient (Wildman–Crippen LogP) is 3.74. The van der Waals surface area contributed by atoms with E-state index in [4.69, 9.17) is 15.5 Å². The number of morpholine rings is 1. The van der Waals surface area contributed by atoms with Crippen LogP contribution in [0.1, 0.15) is 12.7 Å². The molecule has 4 heterocycles. The molecule has 0 spiro atoms. The van der Waals surface area contributed by atoms with Gasteiger partial charge in [0.15, 0.2) is 5.65 Å². The summed E-state index contributed by atoms with van der Waals surface area (Å²) in [6.07, 6.45) is 1.65. The van der Waals surface area contributed by atoms with Crippen LogP contribution in [0.2, 0.25) is 0 Å². The van der Waals surface area contributed by atoms with Crippen LogP contribution >= 0.6 is 0 Å². The molecule has 1 aliphatic rings. The van der Waals surface area contributed by atoms with E-state index in [1.807, 2.05) is 53.6 Å². The molecule has 0 aliphatic carbocycles. The van der Waals surface area contributed by atoms with Crippen LogP contribution in [0.4, 0.5) is 15.9 Å². The fourth-order valence-electron chi connectivity index (χ4n) is 4.10. The van der Waals surface area contributed by atoms with E-state index in [0.717, 1.165) is 22.6 Å². The molecule has 1 aromatic carbocycles. The highest BCUT2D eigenvalue weighted by molar-refractivity contribution is 5.78. The van der Waals surface area contributed by atoms with E-state index in [2.05, 4.69) is 9.97 Å². The van der Waals surface area contributed by atoms with Gasteiger partial charge in [-0.3, -0.25) is 4.57 Å². The molecule has 5 rings (SSSR count). The lowest BCUT2D eigenvalue weighted by molar-refractivity contribution is 0.0986. The second kappa shape index (κ2) is 7.63. The third kappa shape index (κ3) is 3.48. The maximum atomic E-state index is 15.2. The molecule has 1 fully saturated rings. The SMILES string of the molecule is Cc1nc2ccc(-c3ccnc(N)c3)nc2n1-c1ccc(N2CCOCC2C)c(F)c1. The Morgan fingerprint density at radius 2 is 2.00 bits per heavy atom. The fraction of sp³-hybridized carbons (Fsp3) is 0.261. The number of nitrogens with two attached hydrogens (primary N) is 1. The molecule has 7 nitrogen and oxygen atoms in total. The molecule has 0 saturated carbocycles. The first-order valence-electron chi connectivity index (χ1n) is 10.2. The predicted molar refractivity (Wildman–Crippen MR) is 119 cm³/mol. The van der Waals surface area contributed by atoms with Gasteiger partial charge in [0.2, 0.25) is 0 Å². The van der Waals surface area contributed by atoms with E-state index in [0.29, 0.717) is 42.6 Å². The number of nitrogens with zero attached hydrogens (tertiary/aromatic N) is 5. The minimum absolute atomic E-state index is 0.127. The van der Waals surface area contributed by atoms with Crippen molar-refractivity contribution in [3.05, 3.63) is 60.3 Å². The zero-order valence-corrected chi connectivity index (χ0v) is 17.4. The summed E-state index contributed by atoms with van der Waals surface area (Å²) < 4.78 is 22.5. The van der Waals surface area contributed by atoms with Crippen LogP contribution in [0.25, 0.3) is 28.1 Å². The van der Waals surface area contributed by atoms with Gasteiger partial charge in [-0.05, 0) is 50.2 Å². The monoisotopic (exact) mass is 418 g/mol. The molecule has 31 heavy (non-hydrogen) atoms. The Bertz CT molecular complexity index is 1270. The maximum Gasteiger partial charge on any atom is 0.165 e. The minimum atomic E-state index is -0.273. The van der Waals surface area contributed by atoms with Crippen LogP contribution in [0.15, 0.2) is 48.7 Å². The number of ether oxygens (including phenoxy) is 1. The summed E-state index contributed by atoms with van der Waals surface area (Å²) in [5.41, 5.74) is 10.1. The van der Waals surface area contributed by atoms with E-state index in [9.17, 15) is 0 Å². The number of pyridine rings is 2. The van der Waals surface area contributed by atoms with Gasteiger partial charge in [0, 0.05) is 30.4 Å². The molecule has 8 heteroatoms. The Labute approximate surface area is 179 Å². The molecule has 0 bridgehead atoms. The number of benzene rings is 1. The average Bonchev–Trinajstić information content (AvgIpc) is 3.09. The van der Waals surface area contributed by atoms with Crippen LogP contribution in [0, 0.1) is 12.7 Å². The van der Waals surface area contributed by atoms with Gasteiger partial charge in [0.05, 0.1) is 30.3 Å². The average molecular weight is 418 g/mol. The quantitative estimate of drug-likeness (QED) is 0.546. The summed E-state index contributed by atoms with van der Waals surface area (Å²) in [4.78, 5) is 15.5. The van der Waals surface area contributed by atoms with Crippen molar-refractivity contribution in [2.75, 3.05) is 30.4 Å². The third-order valence-corrected chi connectivity index (χ3v) is 5.62. The van der Waals surface area contributed by atoms with Crippen molar-refractivity contribution in [2.45, 2.75) is 19.9 Å². The van der Waals surface area contributed by atoms with Gasteiger partial charge in [-0.25, -0.2) is 19.3 Å². The van der Waals surface area contributed by atoms with Gasteiger partial charge in [0.1, 0.15) is 23.0 Å². The van der Waals surface area contributed by atoms with E-state index < -0.39 is 0 Å². The number of fused-ring (bicyclic) bond motifs is 1. The molecule has 0 radical (unpaired) electrons. The van der Waals surface area contributed by atoms with Crippen LogP contribution in [0.3, 0.4) is 0 Å². The van der Waals surface area contributed by atoms with Gasteiger partial charge in [-0.1, -0.05) is 0 Å². The van der Waals surface area contributed by atoms with Crippen molar-refractivity contribution < 1.29 is 9.13 Å². The topological polar surface area (TPSA) is 82.1 Å². The molecular weight excluding hydrogens is 395 g/mol. The number of aromatic nitrogens is 4. The summed E-state index contributed by atoms with van der Waals surface area (Å²) in [6.45, 7) is 5.80. The standard InChI is InChI=1S/C23H23FN6O/c1-14-13-31-10-9-29(14)21-6-3-17(12-18(21)24)30-15(2)27-20-5-4-19(28-23(20)30)16-7-8-26-22(25)11-16/h3-8,11-12,14H,9-10,13H2,1-2H3,(H2,25,26). The Hall–Kier alpha value is -3.52. The Kier molecular flexibility index (Phi) is 4.78. The summed E-state index contributed by atoms with van der Waals surface area (Å²) in [7, 11) is 0. The van der Waals surface area contributed by atoms with Crippen LogP contribution in [-0.4, -0.2) is 45.3 Å². The lowest BCUT2D eigenvalue weighted by atomic mass is 10.1. The largest absolute Gasteiger partial charge is 0.384 e. The van der Waals surface area contributed by atoms with Gasteiger partial charge in [-0.2, -0.15) is 0 Å². The normalized spacial score (nSPS) is 16.7. The molecule has 1 aliphatic heterocycles. The fourth-order valence-corrected chi connectivity index (χ4v) is 4.10. The van der Waals surface area contributed by atoms with Gasteiger partial charge in [-0.15, -0.1) is 0 Å². The summed E-state index contributed by atoms with van der Waals surface area (Å²) in [5, 5.41) is 0. The molecule has 2 N–H and O–H groups in total.